The van der Waals surface area contributed by atoms with E-state index in [1.54, 1.807) is 0 Å². The van der Waals surface area contributed by atoms with Gasteiger partial charge in [0.2, 0.25) is 0 Å². The topological polar surface area (TPSA) is 15.6 Å². The lowest BCUT2D eigenvalue weighted by Crippen LogP contribution is -2.32. The van der Waals surface area contributed by atoms with E-state index in [4.69, 9.17) is 4.99 Å². The van der Waals surface area contributed by atoms with Crippen molar-refractivity contribution < 1.29 is 0 Å². The molecule has 0 aromatic heterocycles. The van der Waals surface area contributed by atoms with Crippen molar-refractivity contribution in [1.82, 2.24) is 4.90 Å². The minimum absolute atomic E-state index is 0.682. The van der Waals surface area contributed by atoms with Crippen LogP contribution < -0.4 is 0 Å². The number of aliphatic imine (C=N–C) groups is 1. The van der Waals surface area contributed by atoms with Crippen molar-refractivity contribution in [3.05, 3.63) is 0 Å². The monoisotopic (exact) mass is 228 g/mol. The Balaban J connectivity index is 2.43. The van der Waals surface area contributed by atoms with Crippen molar-refractivity contribution in [3.63, 3.8) is 0 Å². The standard InChI is InChI=1S/C12H24N2S/c1-4-6-8-13-12-14(9-7-5-2)11(3)10-15-12/h11H,4-10H2,1-3H3. The van der Waals surface area contributed by atoms with Crippen molar-refractivity contribution in [2.75, 3.05) is 18.8 Å². The molecule has 0 saturated carbocycles. The molecule has 88 valence electrons. The summed E-state index contributed by atoms with van der Waals surface area (Å²) < 4.78 is 0. The summed E-state index contributed by atoms with van der Waals surface area (Å²) in [6, 6.07) is 0.682. The van der Waals surface area contributed by atoms with E-state index in [9.17, 15) is 0 Å². The van der Waals surface area contributed by atoms with Gasteiger partial charge in [0.05, 0.1) is 0 Å². The molecule has 0 aromatic carbocycles. The Hall–Kier alpha value is -0.180. The van der Waals surface area contributed by atoms with Gasteiger partial charge in [-0.2, -0.15) is 0 Å². The van der Waals surface area contributed by atoms with E-state index in [1.807, 2.05) is 11.8 Å². The average molecular weight is 228 g/mol. The molecular weight excluding hydrogens is 204 g/mol. The van der Waals surface area contributed by atoms with Gasteiger partial charge in [-0.1, -0.05) is 38.5 Å². The number of hydrogen-bond acceptors (Lipinski definition) is 2. The smallest absolute Gasteiger partial charge is 0.159 e. The number of unbranched alkanes of at least 4 members (excludes halogenated alkanes) is 2. The molecule has 0 amide bonds. The summed E-state index contributed by atoms with van der Waals surface area (Å²) in [6.45, 7) is 8.98. The zero-order chi connectivity index (χ0) is 11.1. The predicted octanol–water partition coefficient (Wildman–Crippen LogP) is 3.38. The highest BCUT2D eigenvalue weighted by Crippen LogP contribution is 2.24. The SMILES string of the molecule is CCCCN=C1SCC(C)N1CCCC. The van der Waals surface area contributed by atoms with Crippen molar-refractivity contribution in [2.45, 2.75) is 52.5 Å². The van der Waals surface area contributed by atoms with Crippen LogP contribution in [0.2, 0.25) is 0 Å². The lowest BCUT2D eigenvalue weighted by atomic mass is 10.3. The highest BCUT2D eigenvalue weighted by molar-refractivity contribution is 8.14. The Labute approximate surface area is 98.5 Å². The van der Waals surface area contributed by atoms with Gasteiger partial charge in [-0.25, -0.2) is 0 Å². The van der Waals surface area contributed by atoms with Gasteiger partial charge >= 0.3 is 0 Å². The summed E-state index contributed by atoms with van der Waals surface area (Å²) in [7, 11) is 0. The summed E-state index contributed by atoms with van der Waals surface area (Å²) in [5, 5.41) is 1.30. The summed E-state index contributed by atoms with van der Waals surface area (Å²) in [4.78, 5) is 7.19. The molecule has 3 heteroatoms. The molecule has 0 bridgehead atoms. The third kappa shape index (κ3) is 4.06. The van der Waals surface area contributed by atoms with E-state index in [-0.39, 0.29) is 0 Å². The van der Waals surface area contributed by atoms with E-state index >= 15 is 0 Å². The van der Waals surface area contributed by atoms with Crippen LogP contribution in [0, 0.1) is 0 Å². The number of rotatable bonds is 6. The molecule has 0 radical (unpaired) electrons. The lowest BCUT2D eigenvalue weighted by molar-refractivity contribution is 0.362. The molecule has 0 aliphatic carbocycles. The average Bonchev–Trinajstić information content (AvgIpc) is 2.58. The fraction of sp³-hybridized carbons (Fsp3) is 0.917. The minimum Gasteiger partial charge on any atom is -0.348 e. The fourth-order valence-corrected chi connectivity index (χ4v) is 2.86. The Morgan fingerprint density at radius 2 is 2.07 bits per heavy atom. The predicted molar refractivity (Wildman–Crippen MR) is 70.7 cm³/mol. The molecule has 0 aromatic rings. The minimum atomic E-state index is 0.682. The van der Waals surface area contributed by atoms with Crippen LogP contribution in [0.4, 0.5) is 0 Å². The Kier molecular flexibility index (Phi) is 6.15. The molecule has 1 aliphatic heterocycles. The highest BCUT2D eigenvalue weighted by atomic mass is 32.2. The quantitative estimate of drug-likeness (QED) is 0.648. The molecule has 0 spiro atoms. The Morgan fingerprint density at radius 1 is 1.33 bits per heavy atom. The maximum Gasteiger partial charge on any atom is 0.159 e. The first-order valence-corrected chi connectivity index (χ1v) is 7.22. The first kappa shape index (κ1) is 12.9. The molecular formula is C12H24N2S. The van der Waals surface area contributed by atoms with Gasteiger partial charge in [0.15, 0.2) is 5.17 Å². The zero-order valence-electron chi connectivity index (χ0n) is 10.3. The van der Waals surface area contributed by atoms with E-state index in [0.717, 1.165) is 6.54 Å². The van der Waals surface area contributed by atoms with Gasteiger partial charge in [0.25, 0.3) is 0 Å². The Morgan fingerprint density at radius 3 is 2.73 bits per heavy atom. The zero-order valence-corrected chi connectivity index (χ0v) is 11.1. The van der Waals surface area contributed by atoms with Crippen LogP contribution in [0.3, 0.4) is 0 Å². The van der Waals surface area contributed by atoms with Crippen LogP contribution in [0.5, 0.6) is 0 Å². The third-order valence-corrected chi connectivity index (χ3v) is 4.01. The molecule has 2 nitrogen and oxygen atoms in total. The molecule has 0 N–H and O–H groups in total. The van der Waals surface area contributed by atoms with E-state index < -0.39 is 0 Å². The van der Waals surface area contributed by atoms with Crippen molar-refractivity contribution in [2.24, 2.45) is 4.99 Å². The van der Waals surface area contributed by atoms with Crippen LogP contribution in [0.1, 0.15) is 46.5 Å². The second kappa shape index (κ2) is 7.15. The van der Waals surface area contributed by atoms with Crippen LogP contribution in [-0.4, -0.2) is 35.0 Å². The van der Waals surface area contributed by atoms with Gasteiger partial charge in [0, 0.05) is 24.9 Å². The van der Waals surface area contributed by atoms with Crippen molar-refractivity contribution in [3.8, 4) is 0 Å². The second-order valence-corrected chi connectivity index (χ2v) is 5.21. The van der Waals surface area contributed by atoms with E-state index in [2.05, 4.69) is 25.7 Å². The van der Waals surface area contributed by atoms with Gasteiger partial charge in [-0.05, 0) is 19.8 Å². The van der Waals surface area contributed by atoms with Crippen LogP contribution in [0.25, 0.3) is 0 Å². The molecule has 1 atom stereocenters. The molecule has 15 heavy (non-hydrogen) atoms. The molecule has 1 aliphatic rings. The maximum atomic E-state index is 4.70. The van der Waals surface area contributed by atoms with Gasteiger partial charge < -0.3 is 4.90 Å². The summed E-state index contributed by atoms with van der Waals surface area (Å²) in [5.74, 6) is 1.22. The first-order valence-electron chi connectivity index (χ1n) is 6.23. The normalized spacial score (nSPS) is 24.1. The largest absolute Gasteiger partial charge is 0.348 e. The number of amidine groups is 1. The van der Waals surface area contributed by atoms with E-state index in [0.29, 0.717) is 6.04 Å². The molecule has 1 fully saturated rings. The van der Waals surface area contributed by atoms with Crippen molar-refractivity contribution in [1.29, 1.82) is 0 Å². The van der Waals surface area contributed by atoms with Crippen LogP contribution in [0.15, 0.2) is 4.99 Å². The van der Waals surface area contributed by atoms with Crippen LogP contribution >= 0.6 is 11.8 Å². The first-order chi connectivity index (χ1) is 7.29. The lowest BCUT2D eigenvalue weighted by Gasteiger charge is -2.22. The summed E-state index contributed by atoms with van der Waals surface area (Å²) >= 11 is 1.94. The third-order valence-electron chi connectivity index (χ3n) is 2.74. The number of hydrogen-bond donors (Lipinski definition) is 0. The molecule has 1 unspecified atom stereocenters. The highest BCUT2D eigenvalue weighted by Gasteiger charge is 2.25. The fourth-order valence-electron chi connectivity index (χ4n) is 1.67. The van der Waals surface area contributed by atoms with Crippen molar-refractivity contribution >= 4 is 16.9 Å². The van der Waals surface area contributed by atoms with Crippen LogP contribution in [-0.2, 0) is 0 Å². The molecule has 1 rings (SSSR count). The van der Waals surface area contributed by atoms with E-state index in [1.165, 1.54) is 43.1 Å². The second-order valence-electron chi connectivity index (χ2n) is 4.22. The molecule has 1 saturated heterocycles. The van der Waals surface area contributed by atoms with Gasteiger partial charge in [0.1, 0.15) is 0 Å². The molecule has 1 heterocycles. The van der Waals surface area contributed by atoms with Gasteiger partial charge in [-0.3, -0.25) is 4.99 Å². The number of thioether (sulfide) groups is 1. The maximum absolute atomic E-state index is 4.70. The summed E-state index contributed by atoms with van der Waals surface area (Å²) in [5.41, 5.74) is 0. The summed E-state index contributed by atoms with van der Waals surface area (Å²) in [6.07, 6.45) is 5.03. The Bertz CT molecular complexity index is 204. The van der Waals surface area contributed by atoms with Gasteiger partial charge in [-0.15, -0.1) is 0 Å². The number of nitrogens with zero attached hydrogens (tertiary/aromatic N) is 2.